The van der Waals surface area contributed by atoms with E-state index in [9.17, 15) is 4.79 Å². The fourth-order valence-corrected chi connectivity index (χ4v) is 4.51. The van der Waals surface area contributed by atoms with Gasteiger partial charge in [-0.05, 0) is 65.6 Å². The maximum absolute atomic E-state index is 12.4. The van der Waals surface area contributed by atoms with Crippen molar-refractivity contribution in [3.63, 3.8) is 0 Å². The van der Waals surface area contributed by atoms with Gasteiger partial charge >= 0.3 is 0 Å². The summed E-state index contributed by atoms with van der Waals surface area (Å²) in [5.41, 5.74) is 10.2. The van der Waals surface area contributed by atoms with Crippen LogP contribution in [-0.2, 0) is 11.2 Å². The molecule has 7 nitrogen and oxygen atoms in total. The lowest BCUT2D eigenvalue weighted by atomic mass is 9.98. The van der Waals surface area contributed by atoms with Crippen LogP contribution >= 0.6 is 11.6 Å². The standard InChI is InChI=1S/C30H26ClN5O2/c1-38-24-9-4-7-19(15-24)20-11-12-27-25(16-20)30(36-29(35-27)22-8-5-13-33-17-22)34-18-23(28(32)37)14-21-6-2-3-10-26(21)31/h2-13,15-17,23H,14,18H2,1H3,(H2,32,37)(H,34,35,36). The summed E-state index contributed by atoms with van der Waals surface area (Å²) in [7, 11) is 1.65. The van der Waals surface area contributed by atoms with E-state index in [1.54, 1.807) is 25.6 Å². The highest BCUT2D eigenvalue weighted by molar-refractivity contribution is 6.31. The van der Waals surface area contributed by atoms with E-state index in [1.165, 1.54) is 0 Å². The molecule has 0 aliphatic heterocycles. The smallest absolute Gasteiger partial charge is 0.222 e. The number of primary amides is 1. The Morgan fingerprint density at radius 2 is 1.79 bits per heavy atom. The van der Waals surface area contributed by atoms with Gasteiger partial charge < -0.3 is 15.8 Å². The van der Waals surface area contributed by atoms with Crippen LogP contribution in [0.3, 0.4) is 0 Å². The number of ether oxygens (including phenoxy) is 1. The third-order valence-electron chi connectivity index (χ3n) is 6.36. The number of nitrogens with one attached hydrogen (secondary N) is 1. The Hall–Kier alpha value is -4.49. The van der Waals surface area contributed by atoms with Crippen LogP contribution in [0.4, 0.5) is 5.82 Å². The second kappa shape index (κ2) is 11.3. The first-order valence-electron chi connectivity index (χ1n) is 12.1. The van der Waals surface area contributed by atoms with Crippen molar-refractivity contribution < 1.29 is 9.53 Å². The number of carbonyl (C=O) groups excluding carboxylic acids is 1. The molecule has 2 heterocycles. The van der Waals surface area contributed by atoms with Crippen LogP contribution in [0, 0.1) is 5.92 Å². The lowest BCUT2D eigenvalue weighted by Crippen LogP contribution is -2.31. The number of carbonyl (C=O) groups is 1. The normalized spacial score (nSPS) is 11.7. The average Bonchev–Trinajstić information content (AvgIpc) is 2.96. The number of fused-ring (bicyclic) bond motifs is 1. The van der Waals surface area contributed by atoms with Crippen LogP contribution < -0.4 is 15.8 Å². The Kier molecular flexibility index (Phi) is 7.47. The topological polar surface area (TPSA) is 103 Å². The largest absolute Gasteiger partial charge is 0.497 e. The molecule has 3 aromatic carbocycles. The van der Waals surface area contributed by atoms with Crippen molar-refractivity contribution in [3.05, 3.63) is 102 Å². The van der Waals surface area contributed by atoms with Crippen LogP contribution in [0.2, 0.25) is 5.02 Å². The molecule has 1 atom stereocenters. The number of nitrogens with zero attached hydrogens (tertiary/aromatic N) is 3. The molecule has 0 aliphatic rings. The van der Waals surface area contributed by atoms with E-state index in [2.05, 4.69) is 10.3 Å². The van der Waals surface area contributed by atoms with Gasteiger partial charge in [-0.15, -0.1) is 0 Å². The molecule has 8 heteroatoms. The predicted octanol–water partition coefficient (Wildman–Crippen LogP) is 5.78. The Labute approximate surface area is 225 Å². The monoisotopic (exact) mass is 523 g/mol. The van der Waals surface area contributed by atoms with Gasteiger partial charge in [0, 0.05) is 34.9 Å². The summed E-state index contributed by atoms with van der Waals surface area (Å²) in [5, 5.41) is 4.80. The molecule has 38 heavy (non-hydrogen) atoms. The first-order valence-corrected chi connectivity index (χ1v) is 12.5. The Morgan fingerprint density at radius 3 is 2.55 bits per heavy atom. The van der Waals surface area contributed by atoms with E-state index >= 15 is 0 Å². The van der Waals surface area contributed by atoms with Gasteiger partial charge in [-0.2, -0.15) is 0 Å². The molecular weight excluding hydrogens is 498 g/mol. The first-order chi connectivity index (χ1) is 18.5. The summed E-state index contributed by atoms with van der Waals surface area (Å²) in [4.78, 5) is 26.2. The number of aromatic nitrogens is 3. The highest BCUT2D eigenvalue weighted by atomic mass is 35.5. The molecule has 3 N–H and O–H groups in total. The highest BCUT2D eigenvalue weighted by Gasteiger charge is 2.19. The molecule has 0 saturated carbocycles. The summed E-state index contributed by atoms with van der Waals surface area (Å²) in [6.07, 6.45) is 3.84. The predicted molar refractivity (Wildman–Crippen MR) is 151 cm³/mol. The molecule has 0 fully saturated rings. The van der Waals surface area contributed by atoms with E-state index in [1.807, 2.05) is 72.8 Å². The molecule has 1 amide bonds. The van der Waals surface area contributed by atoms with Crippen molar-refractivity contribution in [1.82, 2.24) is 15.0 Å². The zero-order valence-electron chi connectivity index (χ0n) is 20.8. The molecule has 1 unspecified atom stereocenters. The molecule has 2 aromatic heterocycles. The third-order valence-corrected chi connectivity index (χ3v) is 6.73. The molecule has 0 radical (unpaired) electrons. The summed E-state index contributed by atoms with van der Waals surface area (Å²) in [6.45, 7) is 0.280. The number of amides is 1. The Morgan fingerprint density at radius 1 is 0.974 bits per heavy atom. The van der Waals surface area contributed by atoms with Crippen molar-refractivity contribution >= 4 is 34.2 Å². The van der Waals surface area contributed by atoms with E-state index in [4.69, 9.17) is 32.0 Å². The number of benzene rings is 3. The molecule has 0 spiro atoms. The number of hydrogen-bond acceptors (Lipinski definition) is 6. The van der Waals surface area contributed by atoms with Crippen molar-refractivity contribution in [2.24, 2.45) is 11.7 Å². The summed E-state index contributed by atoms with van der Waals surface area (Å²) in [5.74, 6) is 0.990. The second-order valence-corrected chi connectivity index (χ2v) is 9.28. The number of hydrogen-bond donors (Lipinski definition) is 2. The van der Waals surface area contributed by atoms with Crippen molar-refractivity contribution in [2.45, 2.75) is 6.42 Å². The van der Waals surface area contributed by atoms with Crippen LogP contribution in [0.15, 0.2) is 91.3 Å². The van der Waals surface area contributed by atoms with Crippen LogP contribution in [0.5, 0.6) is 5.75 Å². The molecular formula is C30H26ClN5O2. The lowest BCUT2D eigenvalue weighted by molar-refractivity contribution is -0.121. The van der Waals surface area contributed by atoms with Crippen molar-refractivity contribution in [1.29, 1.82) is 0 Å². The van der Waals surface area contributed by atoms with Gasteiger partial charge in [-0.3, -0.25) is 9.78 Å². The van der Waals surface area contributed by atoms with Crippen molar-refractivity contribution in [3.8, 4) is 28.3 Å². The first kappa shape index (κ1) is 25.2. The second-order valence-electron chi connectivity index (χ2n) is 8.88. The van der Waals surface area contributed by atoms with E-state index < -0.39 is 11.8 Å². The lowest BCUT2D eigenvalue weighted by Gasteiger charge is -2.17. The molecule has 5 rings (SSSR count). The number of anilines is 1. The van der Waals surface area contributed by atoms with Gasteiger partial charge in [0.1, 0.15) is 11.6 Å². The van der Waals surface area contributed by atoms with Crippen LogP contribution in [0.1, 0.15) is 5.56 Å². The minimum absolute atomic E-state index is 0.280. The summed E-state index contributed by atoms with van der Waals surface area (Å²) in [6, 6.07) is 25.1. The number of pyridine rings is 1. The minimum atomic E-state index is -0.497. The van der Waals surface area contributed by atoms with E-state index in [-0.39, 0.29) is 6.54 Å². The maximum Gasteiger partial charge on any atom is 0.222 e. The van der Waals surface area contributed by atoms with Gasteiger partial charge in [0.05, 0.1) is 18.5 Å². The van der Waals surface area contributed by atoms with Crippen molar-refractivity contribution in [2.75, 3.05) is 19.0 Å². The average molecular weight is 524 g/mol. The van der Waals surface area contributed by atoms with Gasteiger partial charge in [0.25, 0.3) is 0 Å². The summed E-state index contributed by atoms with van der Waals surface area (Å²) < 4.78 is 5.40. The molecule has 5 aromatic rings. The van der Waals surface area contributed by atoms with Gasteiger partial charge in [-0.25, -0.2) is 9.97 Å². The zero-order valence-corrected chi connectivity index (χ0v) is 21.5. The fraction of sp³-hybridized carbons (Fsp3) is 0.133. The number of halogens is 1. The zero-order chi connectivity index (χ0) is 26.5. The van der Waals surface area contributed by atoms with Gasteiger partial charge in [0.2, 0.25) is 5.91 Å². The quantitative estimate of drug-likeness (QED) is 0.254. The van der Waals surface area contributed by atoms with Gasteiger partial charge in [-0.1, -0.05) is 48.0 Å². The highest BCUT2D eigenvalue weighted by Crippen LogP contribution is 2.31. The number of nitrogens with two attached hydrogens (primary N) is 1. The van der Waals surface area contributed by atoms with Crippen LogP contribution in [0.25, 0.3) is 33.4 Å². The molecule has 0 aliphatic carbocycles. The fourth-order valence-electron chi connectivity index (χ4n) is 4.29. The molecule has 0 saturated heterocycles. The SMILES string of the molecule is COc1cccc(-c2ccc3nc(-c4cccnc4)nc(NCC(Cc4ccccc4Cl)C(N)=O)c3c2)c1. The van der Waals surface area contributed by atoms with Crippen LogP contribution in [-0.4, -0.2) is 34.5 Å². The number of rotatable bonds is 9. The summed E-state index contributed by atoms with van der Waals surface area (Å²) >= 11 is 6.35. The van der Waals surface area contributed by atoms with E-state index in [0.717, 1.165) is 38.9 Å². The Balaban J connectivity index is 1.54. The van der Waals surface area contributed by atoms with Gasteiger partial charge in [0.15, 0.2) is 5.82 Å². The molecule has 190 valence electrons. The third kappa shape index (κ3) is 5.58. The van der Waals surface area contributed by atoms with E-state index in [0.29, 0.717) is 23.1 Å². The maximum atomic E-state index is 12.4. The number of methoxy groups -OCH3 is 1. The molecule has 0 bridgehead atoms. The Bertz CT molecular complexity index is 1590. The minimum Gasteiger partial charge on any atom is -0.497 e.